The molecule has 0 spiro atoms. The van der Waals surface area contributed by atoms with Crippen LogP contribution in [0.4, 0.5) is 0 Å². The standard InChI is InChI=1S/C44H76O18/c1-19(15-45)5-8-26(48)20(2)31-28(59-40-36(54)32(50)27(49)18-57-40)14-25-23-7-6-21-13-22(9-11-43(21,3)24(23)10-12-44(25,31)4)58-41-38(56)35(53)39(30(17-47)61-41)62-42-37(55)34(52)33(51)29(16-46)60-42/h19-42,45-56H,5-18H2,1-4H3. The average Bonchev–Trinajstić information content (AvgIpc) is 3.56. The monoisotopic (exact) mass is 893 g/mol. The molecular formula is C44H76O18. The molecule has 7 rings (SSSR count). The van der Waals surface area contributed by atoms with Crippen molar-refractivity contribution in [3.8, 4) is 0 Å². The average molecular weight is 893 g/mol. The predicted molar refractivity (Wildman–Crippen MR) is 215 cm³/mol. The van der Waals surface area contributed by atoms with Gasteiger partial charge in [0.1, 0.15) is 67.1 Å². The van der Waals surface area contributed by atoms with Crippen LogP contribution < -0.4 is 0 Å². The van der Waals surface area contributed by atoms with E-state index >= 15 is 0 Å². The maximum Gasteiger partial charge on any atom is 0.187 e. The third-order valence-corrected chi connectivity index (χ3v) is 17.2. The summed E-state index contributed by atoms with van der Waals surface area (Å²) in [5, 5.41) is 126. The Hall–Kier alpha value is -0.720. The van der Waals surface area contributed by atoms with Gasteiger partial charge in [0.2, 0.25) is 0 Å². The van der Waals surface area contributed by atoms with Gasteiger partial charge in [0.05, 0.1) is 38.1 Å². The van der Waals surface area contributed by atoms with Gasteiger partial charge in [0, 0.05) is 6.61 Å². The lowest BCUT2D eigenvalue weighted by atomic mass is 9.44. The van der Waals surface area contributed by atoms with Gasteiger partial charge in [-0.2, -0.15) is 0 Å². The number of hydrogen-bond donors (Lipinski definition) is 12. The van der Waals surface area contributed by atoms with Crippen molar-refractivity contribution in [2.45, 2.75) is 196 Å². The SMILES string of the molecule is CC(CO)CCC(O)C(C)C1C(OC2OCC(O)C(O)C2O)CC2C3CCC4CC(OC5OC(CO)C(OC6OC(CO)C(O)C(O)C6O)C(O)C5O)CCC4(C)C3CCC21C. The minimum atomic E-state index is -1.76. The summed E-state index contributed by atoms with van der Waals surface area (Å²) in [6.45, 7) is 7.31. The van der Waals surface area contributed by atoms with Crippen LogP contribution in [0.2, 0.25) is 0 Å². The highest BCUT2D eigenvalue weighted by Crippen LogP contribution is 2.69. The van der Waals surface area contributed by atoms with Crippen molar-refractivity contribution in [3.05, 3.63) is 0 Å². The zero-order chi connectivity index (χ0) is 45.0. The first kappa shape index (κ1) is 49.2. The Kier molecular flexibility index (Phi) is 15.8. The van der Waals surface area contributed by atoms with Crippen molar-refractivity contribution in [1.82, 2.24) is 0 Å². The van der Waals surface area contributed by atoms with Gasteiger partial charge in [0.25, 0.3) is 0 Å². The number of fused-ring (bicyclic) bond motifs is 5. The zero-order valence-corrected chi connectivity index (χ0v) is 36.6. The highest BCUT2D eigenvalue weighted by molar-refractivity contribution is 5.13. The first-order valence-electron chi connectivity index (χ1n) is 23.2. The summed E-state index contributed by atoms with van der Waals surface area (Å²) in [7, 11) is 0. The Morgan fingerprint density at radius 2 is 1.27 bits per heavy atom. The van der Waals surface area contributed by atoms with Crippen LogP contribution in [-0.4, -0.2) is 192 Å². The number of hydrogen-bond acceptors (Lipinski definition) is 18. The normalized spacial score (nSPS) is 52.4. The van der Waals surface area contributed by atoms with Crippen molar-refractivity contribution in [2.24, 2.45) is 52.3 Å². The molecule has 26 atom stereocenters. The Balaban J connectivity index is 1.02. The van der Waals surface area contributed by atoms with Crippen molar-refractivity contribution < 1.29 is 89.7 Å². The van der Waals surface area contributed by atoms with Crippen molar-refractivity contribution in [2.75, 3.05) is 26.4 Å². The van der Waals surface area contributed by atoms with Gasteiger partial charge in [-0.25, -0.2) is 0 Å². The molecule has 0 amide bonds. The van der Waals surface area contributed by atoms with Gasteiger partial charge >= 0.3 is 0 Å². The van der Waals surface area contributed by atoms with E-state index in [9.17, 15) is 61.3 Å². The van der Waals surface area contributed by atoms with E-state index in [1.54, 1.807) is 0 Å². The lowest BCUT2D eigenvalue weighted by Crippen LogP contribution is -2.65. The summed E-state index contributed by atoms with van der Waals surface area (Å²) < 4.78 is 35.9. The molecule has 0 bridgehead atoms. The lowest BCUT2D eigenvalue weighted by molar-refractivity contribution is -0.364. The fraction of sp³-hybridized carbons (Fsp3) is 1.00. The van der Waals surface area contributed by atoms with E-state index in [-0.39, 0.29) is 59.9 Å². The van der Waals surface area contributed by atoms with Gasteiger partial charge in [-0.3, -0.25) is 0 Å². The Bertz CT molecular complexity index is 1440. The molecule has 3 saturated heterocycles. The fourth-order valence-electron chi connectivity index (χ4n) is 13.4. The molecule has 360 valence electrons. The Morgan fingerprint density at radius 3 is 1.97 bits per heavy atom. The third-order valence-electron chi connectivity index (χ3n) is 17.2. The predicted octanol–water partition coefficient (Wildman–Crippen LogP) is -1.51. The molecule has 26 unspecified atom stereocenters. The summed E-state index contributed by atoms with van der Waals surface area (Å²) in [6, 6.07) is 0. The van der Waals surface area contributed by atoms with Crippen molar-refractivity contribution in [1.29, 1.82) is 0 Å². The quantitative estimate of drug-likeness (QED) is 0.0883. The van der Waals surface area contributed by atoms with Crippen LogP contribution in [0.15, 0.2) is 0 Å². The first-order chi connectivity index (χ1) is 29.4. The molecule has 0 aromatic rings. The number of aliphatic hydroxyl groups is 12. The molecule has 0 aromatic heterocycles. The molecule has 0 radical (unpaired) electrons. The van der Waals surface area contributed by atoms with Gasteiger partial charge in [-0.05, 0) is 116 Å². The molecule has 7 fully saturated rings. The van der Waals surface area contributed by atoms with E-state index in [4.69, 9.17) is 28.4 Å². The molecule has 4 saturated carbocycles. The second-order valence-electron chi connectivity index (χ2n) is 20.7. The maximum absolute atomic E-state index is 11.6. The van der Waals surface area contributed by atoms with E-state index in [0.29, 0.717) is 49.9 Å². The van der Waals surface area contributed by atoms with Crippen LogP contribution in [-0.2, 0) is 28.4 Å². The summed E-state index contributed by atoms with van der Waals surface area (Å²) >= 11 is 0. The second-order valence-corrected chi connectivity index (χ2v) is 20.7. The highest BCUT2D eigenvalue weighted by atomic mass is 16.7. The van der Waals surface area contributed by atoms with E-state index in [1.165, 1.54) is 0 Å². The number of ether oxygens (including phenoxy) is 6. The molecule has 62 heavy (non-hydrogen) atoms. The smallest absolute Gasteiger partial charge is 0.187 e. The lowest BCUT2D eigenvalue weighted by Gasteiger charge is -2.61. The summed E-state index contributed by atoms with van der Waals surface area (Å²) in [6.07, 6.45) is -13.7. The van der Waals surface area contributed by atoms with Gasteiger partial charge < -0.3 is 89.7 Å². The van der Waals surface area contributed by atoms with Crippen LogP contribution >= 0.6 is 0 Å². The Labute approximate surface area is 364 Å². The highest BCUT2D eigenvalue weighted by Gasteiger charge is 2.64. The summed E-state index contributed by atoms with van der Waals surface area (Å²) in [4.78, 5) is 0. The second kappa shape index (κ2) is 19.9. The van der Waals surface area contributed by atoms with Crippen LogP contribution in [0.3, 0.4) is 0 Å². The first-order valence-corrected chi connectivity index (χ1v) is 23.2. The number of aliphatic hydroxyl groups excluding tert-OH is 12. The van der Waals surface area contributed by atoms with Crippen molar-refractivity contribution >= 4 is 0 Å². The molecular weight excluding hydrogens is 816 g/mol. The third kappa shape index (κ3) is 9.16. The van der Waals surface area contributed by atoms with Gasteiger partial charge in [-0.1, -0.05) is 27.7 Å². The minimum absolute atomic E-state index is 0.0173. The molecule has 18 nitrogen and oxygen atoms in total. The maximum atomic E-state index is 11.6. The Morgan fingerprint density at radius 1 is 0.629 bits per heavy atom. The molecule has 4 aliphatic carbocycles. The topological polar surface area (TPSA) is 298 Å². The van der Waals surface area contributed by atoms with Crippen LogP contribution in [0, 0.1) is 52.3 Å². The van der Waals surface area contributed by atoms with E-state index in [2.05, 4.69) is 20.8 Å². The molecule has 3 heterocycles. The van der Waals surface area contributed by atoms with Crippen LogP contribution in [0.1, 0.15) is 91.9 Å². The van der Waals surface area contributed by atoms with Crippen LogP contribution in [0.25, 0.3) is 0 Å². The molecule has 7 aliphatic rings. The zero-order valence-electron chi connectivity index (χ0n) is 36.6. The number of rotatable bonds is 14. The largest absolute Gasteiger partial charge is 0.396 e. The van der Waals surface area contributed by atoms with Crippen LogP contribution in [0.5, 0.6) is 0 Å². The van der Waals surface area contributed by atoms with Gasteiger partial charge in [0.15, 0.2) is 18.9 Å². The van der Waals surface area contributed by atoms with Gasteiger partial charge in [-0.15, -0.1) is 0 Å². The molecule has 0 aromatic carbocycles. The van der Waals surface area contributed by atoms with E-state index < -0.39 is 105 Å². The minimum Gasteiger partial charge on any atom is -0.396 e. The molecule has 12 N–H and O–H groups in total. The summed E-state index contributed by atoms with van der Waals surface area (Å²) in [5.41, 5.74) is -0.213. The molecule has 18 heteroatoms. The van der Waals surface area contributed by atoms with E-state index in [1.807, 2.05) is 6.92 Å². The van der Waals surface area contributed by atoms with E-state index in [0.717, 1.165) is 32.1 Å². The summed E-state index contributed by atoms with van der Waals surface area (Å²) in [5.74, 6) is 1.14. The molecule has 3 aliphatic heterocycles. The van der Waals surface area contributed by atoms with Crippen molar-refractivity contribution in [3.63, 3.8) is 0 Å². The fourth-order valence-corrected chi connectivity index (χ4v) is 13.4.